The molecule has 1 heterocycles. The van der Waals surface area contributed by atoms with Gasteiger partial charge in [-0.25, -0.2) is 13.2 Å². The van der Waals surface area contributed by atoms with Crippen molar-refractivity contribution in [2.24, 2.45) is 0 Å². The molecule has 3 aromatic carbocycles. The highest BCUT2D eigenvalue weighted by molar-refractivity contribution is 7.89. The van der Waals surface area contributed by atoms with E-state index in [0.717, 1.165) is 11.1 Å². The Kier molecular flexibility index (Phi) is 7.09. The Morgan fingerprint density at radius 1 is 0.914 bits per heavy atom. The van der Waals surface area contributed by atoms with Crippen LogP contribution in [0.2, 0.25) is 0 Å². The van der Waals surface area contributed by atoms with Crippen LogP contribution in [0.4, 0.5) is 5.69 Å². The Morgan fingerprint density at radius 2 is 1.63 bits per heavy atom. The molecule has 0 fully saturated rings. The van der Waals surface area contributed by atoms with Gasteiger partial charge in [0.25, 0.3) is 5.91 Å². The van der Waals surface area contributed by atoms with Crippen LogP contribution in [0.5, 0.6) is 0 Å². The van der Waals surface area contributed by atoms with Crippen LogP contribution in [-0.2, 0) is 32.5 Å². The van der Waals surface area contributed by atoms with Crippen molar-refractivity contribution in [3.05, 3.63) is 95.1 Å². The van der Waals surface area contributed by atoms with Gasteiger partial charge in [0.2, 0.25) is 10.0 Å². The summed E-state index contributed by atoms with van der Waals surface area (Å²) in [6.45, 7) is 1.57. The Balaban J connectivity index is 1.35. The summed E-state index contributed by atoms with van der Waals surface area (Å²) in [5.41, 5.74) is 3.11. The topological polar surface area (TPSA) is 110 Å². The van der Waals surface area contributed by atoms with Crippen molar-refractivity contribution in [1.82, 2.24) is 4.31 Å². The first-order valence-corrected chi connectivity index (χ1v) is 12.4. The first-order chi connectivity index (χ1) is 16.7. The molecule has 0 radical (unpaired) electrons. The van der Waals surface area contributed by atoms with Gasteiger partial charge in [0.15, 0.2) is 12.4 Å². The molecule has 0 saturated carbocycles. The van der Waals surface area contributed by atoms with Crippen molar-refractivity contribution in [3.8, 4) is 0 Å². The van der Waals surface area contributed by atoms with Gasteiger partial charge in [-0.3, -0.25) is 9.59 Å². The second-order valence-corrected chi connectivity index (χ2v) is 10.1. The molecule has 1 aliphatic heterocycles. The molecule has 180 valence electrons. The van der Waals surface area contributed by atoms with E-state index in [4.69, 9.17) is 4.74 Å². The van der Waals surface area contributed by atoms with Gasteiger partial charge in [0.05, 0.1) is 10.5 Å². The number of amides is 1. The molecule has 4 rings (SSSR count). The predicted octanol–water partition coefficient (Wildman–Crippen LogP) is 3.43. The van der Waals surface area contributed by atoms with E-state index in [1.807, 2.05) is 24.3 Å². The summed E-state index contributed by atoms with van der Waals surface area (Å²) in [6.07, 6.45) is 0.640. The van der Waals surface area contributed by atoms with Gasteiger partial charge < -0.3 is 10.1 Å². The van der Waals surface area contributed by atoms with Crippen LogP contribution in [0.15, 0.2) is 77.7 Å². The number of benzene rings is 3. The SMILES string of the molecule is CC(=O)c1cccc(NC(=O)COC(=O)c2ccc(S(=O)(=O)N3CCc4ccccc4C3)cc2)c1. The number of Topliss-reactive ketones (excluding diaryl/α,β-unsaturated/α-hetero) is 1. The van der Waals surface area contributed by atoms with Crippen LogP contribution >= 0.6 is 0 Å². The predicted molar refractivity (Wildman–Crippen MR) is 130 cm³/mol. The lowest BCUT2D eigenvalue weighted by atomic mass is 10.0. The zero-order valence-electron chi connectivity index (χ0n) is 19.1. The van der Waals surface area contributed by atoms with E-state index in [0.29, 0.717) is 30.8 Å². The van der Waals surface area contributed by atoms with E-state index in [1.165, 1.54) is 41.6 Å². The number of rotatable bonds is 7. The first-order valence-electron chi connectivity index (χ1n) is 11.0. The molecule has 0 aromatic heterocycles. The van der Waals surface area contributed by atoms with Gasteiger partial charge in [-0.15, -0.1) is 0 Å². The molecule has 0 saturated heterocycles. The van der Waals surface area contributed by atoms with E-state index < -0.39 is 28.5 Å². The largest absolute Gasteiger partial charge is 0.452 e. The Morgan fingerprint density at radius 3 is 2.34 bits per heavy atom. The van der Waals surface area contributed by atoms with E-state index in [2.05, 4.69) is 5.32 Å². The Bertz CT molecular complexity index is 1380. The number of hydrogen-bond acceptors (Lipinski definition) is 6. The number of ketones is 1. The molecule has 0 aliphatic carbocycles. The molecule has 3 aromatic rings. The number of anilines is 1. The third-order valence-corrected chi connectivity index (χ3v) is 7.57. The first kappa shape index (κ1) is 24.3. The van der Waals surface area contributed by atoms with E-state index in [-0.39, 0.29) is 16.2 Å². The fraction of sp³-hybridized carbons (Fsp3) is 0.192. The lowest BCUT2D eigenvalue weighted by Crippen LogP contribution is -2.35. The second-order valence-electron chi connectivity index (χ2n) is 8.14. The molecule has 0 bridgehead atoms. The van der Waals surface area contributed by atoms with Crippen LogP contribution in [0.1, 0.15) is 38.8 Å². The fourth-order valence-electron chi connectivity index (χ4n) is 3.81. The molecule has 0 unspecified atom stereocenters. The van der Waals surface area contributed by atoms with Gasteiger partial charge in [0, 0.05) is 24.3 Å². The number of nitrogens with zero attached hydrogens (tertiary/aromatic N) is 1. The van der Waals surface area contributed by atoms with Gasteiger partial charge in [-0.1, -0.05) is 36.4 Å². The molecule has 9 heteroatoms. The van der Waals surface area contributed by atoms with Crippen LogP contribution in [0.25, 0.3) is 0 Å². The number of carbonyl (C=O) groups excluding carboxylic acids is 3. The van der Waals surface area contributed by atoms with Crippen molar-refractivity contribution in [2.45, 2.75) is 24.8 Å². The summed E-state index contributed by atoms with van der Waals surface area (Å²) in [5.74, 6) is -1.46. The van der Waals surface area contributed by atoms with Gasteiger partial charge in [-0.2, -0.15) is 4.31 Å². The minimum absolute atomic E-state index is 0.0801. The third-order valence-electron chi connectivity index (χ3n) is 5.71. The number of fused-ring (bicyclic) bond motifs is 1. The van der Waals surface area contributed by atoms with Crippen LogP contribution < -0.4 is 5.32 Å². The average molecular weight is 493 g/mol. The van der Waals surface area contributed by atoms with Crippen molar-refractivity contribution in [1.29, 1.82) is 0 Å². The zero-order chi connectivity index (χ0) is 25.0. The van der Waals surface area contributed by atoms with Crippen molar-refractivity contribution in [2.75, 3.05) is 18.5 Å². The Labute approximate surface area is 203 Å². The molecule has 1 N–H and O–H groups in total. The maximum absolute atomic E-state index is 13.1. The smallest absolute Gasteiger partial charge is 0.338 e. The lowest BCUT2D eigenvalue weighted by Gasteiger charge is -2.28. The quantitative estimate of drug-likeness (QED) is 0.400. The molecule has 1 amide bonds. The van der Waals surface area contributed by atoms with Crippen molar-refractivity contribution in [3.63, 3.8) is 0 Å². The fourth-order valence-corrected chi connectivity index (χ4v) is 5.23. The minimum atomic E-state index is -3.72. The van der Waals surface area contributed by atoms with Crippen molar-refractivity contribution >= 4 is 33.4 Å². The van der Waals surface area contributed by atoms with Crippen molar-refractivity contribution < 1.29 is 27.5 Å². The highest BCUT2D eigenvalue weighted by atomic mass is 32.2. The molecule has 0 spiro atoms. The number of esters is 1. The third kappa shape index (κ3) is 5.64. The summed E-state index contributed by atoms with van der Waals surface area (Å²) >= 11 is 0. The summed E-state index contributed by atoms with van der Waals surface area (Å²) < 4.78 is 32.6. The molecular formula is C26H24N2O6S. The number of carbonyl (C=O) groups is 3. The average Bonchev–Trinajstić information content (AvgIpc) is 2.87. The highest BCUT2D eigenvalue weighted by Crippen LogP contribution is 2.25. The number of hydrogen-bond donors (Lipinski definition) is 1. The van der Waals surface area contributed by atoms with Crippen LogP contribution in [-0.4, -0.2) is 43.5 Å². The number of ether oxygens (including phenoxy) is 1. The molecular weight excluding hydrogens is 468 g/mol. The van der Waals surface area contributed by atoms with Gasteiger partial charge in [-0.05, 0) is 60.9 Å². The maximum Gasteiger partial charge on any atom is 0.338 e. The lowest BCUT2D eigenvalue weighted by molar-refractivity contribution is -0.119. The molecule has 35 heavy (non-hydrogen) atoms. The highest BCUT2D eigenvalue weighted by Gasteiger charge is 2.28. The zero-order valence-corrected chi connectivity index (χ0v) is 19.9. The number of sulfonamides is 1. The molecule has 0 atom stereocenters. The summed E-state index contributed by atoms with van der Waals surface area (Å²) in [5, 5.41) is 2.56. The maximum atomic E-state index is 13.1. The Hall–Kier alpha value is -3.82. The number of nitrogens with one attached hydrogen (secondary N) is 1. The molecule has 1 aliphatic rings. The van der Waals surface area contributed by atoms with E-state index in [9.17, 15) is 22.8 Å². The van der Waals surface area contributed by atoms with Crippen LogP contribution in [0.3, 0.4) is 0 Å². The summed E-state index contributed by atoms with van der Waals surface area (Å²) in [7, 11) is -3.72. The van der Waals surface area contributed by atoms with E-state index in [1.54, 1.807) is 18.2 Å². The molecule has 8 nitrogen and oxygen atoms in total. The summed E-state index contributed by atoms with van der Waals surface area (Å²) in [4.78, 5) is 36.0. The minimum Gasteiger partial charge on any atom is -0.452 e. The standard InChI is InChI=1S/C26H24N2O6S/c1-18(29)21-7-4-8-23(15-21)27-25(30)17-34-26(31)20-9-11-24(12-10-20)35(32,33)28-14-13-19-5-2-3-6-22(19)16-28/h2-12,15H,13-14,16-17H2,1H3,(H,27,30). The van der Waals surface area contributed by atoms with Crippen LogP contribution in [0, 0.1) is 0 Å². The van der Waals surface area contributed by atoms with Gasteiger partial charge >= 0.3 is 5.97 Å². The van der Waals surface area contributed by atoms with Gasteiger partial charge in [0.1, 0.15) is 0 Å². The monoisotopic (exact) mass is 492 g/mol. The second kappa shape index (κ2) is 10.2. The summed E-state index contributed by atoms with van der Waals surface area (Å²) in [6, 6.07) is 19.6. The van der Waals surface area contributed by atoms with E-state index >= 15 is 0 Å². The normalized spacial score (nSPS) is 13.5.